The Labute approximate surface area is 180 Å². The van der Waals surface area contributed by atoms with Gasteiger partial charge in [-0.3, -0.25) is 14.5 Å². The molecule has 1 saturated heterocycles. The predicted molar refractivity (Wildman–Crippen MR) is 114 cm³/mol. The fraction of sp³-hybridized carbons (Fsp3) is 0.364. The summed E-state index contributed by atoms with van der Waals surface area (Å²) in [4.78, 5) is 26.2. The number of amides is 2. The molecule has 3 N–H and O–H groups in total. The molecule has 0 saturated carbocycles. The average molecular weight is 434 g/mol. The summed E-state index contributed by atoms with van der Waals surface area (Å²) in [7, 11) is 0. The van der Waals surface area contributed by atoms with E-state index in [1.807, 2.05) is 18.2 Å². The molecule has 1 aliphatic heterocycles. The summed E-state index contributed by atoms with van der Waals surface area (Å²) in [6, 6.07) is 11.3. The molecule has 0 bridgehead atoms. The summed E-state index contributed by atoms with van der Waals surface area (Å²) in [5.41, 5.74) is 7.11. The number of nitrogens with two attached hydrogens (primary N) is 1. The zero-order valence-corrected chi connectivity index (χ0v) is 17.5. The highest BCUT2D eigenvalue weighted by Crippen LogP contribution is 2.26. The maximum Gasteiger partial charge on any atom is 0.265 e. The normalized spacial score (nSPS) is 17.9. The van der Waals surface area contributed by atoms with Crippen molar-refractivity contribution in [3.63, 3.8) is 0 Å². The number of likely N-dealkylation sites (tertiary alicyclic amines) is 1. The fourth-order valence-corrected chi connectivity index (χ4v) is 3.71. The Hall–Kier alpha value is -2.64. The number of hydrogen-bond acceptors (Lipinski definition) is 4. The molecular formula is C22H25ClFN3O3. The molecule has 2 amide bonds. The van der Waals surface area contributed by atoms with Gasteiger partial charge in [0, 0.05) is 18.8 Å². The van der Waals surface area contributed by atoms with Crippen molar-refractivity contribution in [2.24, 2.45) is 11.7 Å². The van der Waals surface area contributed by atoms with Gasteiger partial charge in [-0.2, -0.15) is 0 Å². The summed E-state index contributed by atoms with van der Waals surface area (Å²) in [6.07, 6.45) is 0.943. The highest BCUT2D eigenvalue weighted by molar-refractivity contribution is 6.32. The van der Waals surface area contributed by atoms with Gasteiger partial charge in [0.25, 0.3) is 5.91 Å². The minimum absolute atomic E-state index is 0.104. The number of halogens is 2. The third-order valence-electron chi connectivity index (χ3n) is 5.08. The first-order chi connectivity index (χ1) is 14.3. The van der Waals surface area contributed by atoms with Gasteiger partial charge >= 0.3 is 0 Å². The van der Waals surface area contributed by atoms with Crippen LogP contribution < -0.4 is 15.8 Å². The van der Waals surface area contributed by atoms with Crippen LogP contribution in [0, 0.1) is 11.7 Å². The van der Waals surface area contributed by atoms with Gasteiger partial charge in [-0.05, 0) is 62.2 Å². The van der Waals surface area contributed by atoms with Crippen LogP contribution in [0.4, 0.5) is 10.1 Å². The number of piperidine rings is 1. The van der Waals surface area contributed by atoms with Gasteiger partial charge < -0.3 is 15.8 Å². The zero-order valence-electron chi connectivity index (χ0n) is 16.7. The lowest BCUT2D eigenvalue weighted by molar-refractivity contribution is -0.123. The second-order valence-electron chi connectivity index (χ2n) is 7.50. The van der Waals surface area contributed by atoms with Crippen molar-refractivity contribution >= 4 is 29.1 Å². The van der Waals surface area contributed by atoms with E-state index in [0.29, 0.717) is 18.8 Å². The number of primary amides is 1. The first-order valence-electron chi connectivity index (χ1n) is 9.85. The number of carbonyl (C=O) groups is 2. The number of nitrogens with one attached hydrogen (secondary N) is 1. The molecular weight excluding hydrogens is 409 g/mol. The molecule has 2 atom stereocenters. The van der Waals surface area contributed by atoms with Crippen LogP contribution >= 0.6 is 11.6 Å². The van der Waals surface area contributed by atoms with Crippen LogP contribution in [0.3, 0.4) is 0 Å². The lowest BCUT2D eigenvalue weighted by Crippen LogP contribution is -2.40. The second-order valence-corrected chi connectivity index (χ2v) is 7.91. The van der Waals surface area contributed by atoms with E-state index in [1.54, 1.807) is 13.0 Å². The van der Waals surface area contributed by atoms with Gasteiger partial charge in [0.15, 0.2) is 6.10 Å². The molecule has 30 heavy (non-hydrogen) atoms. The molecule has 1 aliphatic rings. The number of carbonyl (C=O) groups excluding carboxylic acids is 2. The lowest BCUT2D eigenvalue weighted by Gasteiger charge is -2.31. The van der Waals surface area contributed by atoms with Crippen molar-refractivity contribution in [3.05, 3.63) is 58.9 Å². The molecule has 8 heteroatoms. The number of benzene rings is 2. The molecule has 2 unspecified atom stereocenters. The second kappa shape index (κ2) is 9.91. The number of anilines is 1. The van der Waals surface area contributed by atoms with E-state index in [0.717, 1.165) is 31.0 Å². The molecule has 0 aliphatic carbocycles. The van der Waals surface area contributed by atoms with Gasteiger partial charge in [-0.1, -0.05) is 23.7 Å². The molecule has 160 valence electrons. The standard InChI is InChI=1S/C22H25ClFN3O3/c1-14(30-20-8-7-17(24)11-19(20)23)22(29)26-18-6-2-4-15(10-18)12-27-9-3-5-16(13-27)21(25)28/h2,4,6-8,10-11,14,16H,3,5,9,12-13H2,1H3,(H2,25,28)(H,26,29). The molecule has 6 nitrogen and oxygen atoms in total. The highest BCUT2D eigenvalue weighted by Gasteiger charge is 2.24. The predicted octanol–water partition coefficient (Wildman–Crippen LogP) is 3.58. The number of nitrogens with zero attached hydrogens (tertiary/aromatic N) is 1. The molecule has 1 fully saturated rings. The smallest absolute Gasteiger partial charge is 0.265 e. The number of rotatable bonds is 7. The SMILES string of the molecule is CC(Oc1ccc(F)cc1Cl)C(=O)Nc1cccc(CN2CCCC(C(N)=O)C2)c1. The first kappa shape index (κ1) is 22.1. The van der Waals surface area contributed by atoms with Gasteiger partial charge in [-0.15, -0.1) is 0 Å². The van der Waals surface area contributed by atoms with Gasteiger partial charge in [0.2, 0.25) is 5.91 Å². The number of ether oxygens (including phenoxy) is 1. The summed E-state index contributed by atoms with van der Waals surface area (Å²) < 4.78 is 18.7. The minimum atomic E-state index is -0.824. The Morgan fingerprint density at radius 2 is 2.13 bits per heavy atom. The zero-order chi connectivity index (χ0) is 21.7. The minimum Gasteiger partial charge on any atom is -0.479 e. The molecule has 0 aromatic heterocycles. The quantitative estimate of drug-likeness (QED) is 0.699. The van der Waals surface area contributed by atoms with E-state index in [2.05, 4.69) is 10.2 Å². The molecule has 2 aromatic rings. The molecule has 1 heterocycles. The summed E-state index contributed by atoms with van der Waals surface area (Å²) in [5, 5.41) is 2.93. The highest BCUT2D eigenvalue weighted by atomic mass is 35.5. The number of hydrogen-bond donors (Lipinski definition) is 2. The first-order valence-corrected chi connectivity index (χ1v) is 10.2. The Bertz CT molecular complexity index is 924. The third-order valence-corrected chi connectivity index (χ3v) is 5.37. The van der Waals surface area contributed by atoms with Crippen molar-refractivity contribution in [1.29, 1.82) is 0 Å². The van der Waals surface area contributed by atoms with E-state index in [4.69, 9.17) is 22.1 Å². The lowest BCUT2D eigenvalue weighted by atomic mass is 9.97. The molecule has 0 radical (unpaired) electrons. The van der Waals surface area contributed by atoms with Crippen LogP contribution in [-0.2, 0) is 16.1 Å². The Kier molecular flexibility index (Phi) is 7.29. The van der Waals surface area contributed by atoms with Crippen molar-refractivity contribution in [1.82, 2.24) is 4.90 Å². The van der Waals surface area contributed by atoms with E-state index in [1.165, 1.54) is 12.1 Å². The van der Waals surface area contributed by atoms with Crippen LogP contribution in [0.5, 0.6) is 5.75 Å². The van der Waals surface area contributed by atoms with E-state index in [-0.39, 0.29) is 28.5 Å². The van der Waals surface area contributed by atoms with Gasteiger partial charge in [0.05, 0.1) is 10.9 Å². The summed E-state index contributed by atoms with van der Waals surface area (Å²) in [5.74, 6) is -0.950. The average Bonchev–Trinajstić information content (AvgIpc) is 2.70. The van der Waals surface area contributed by atoms with E-state index >= 15 is 0 Å². The molecule has 3 rings (SSSR count). The molecule has 2 aromatic carbocycles. The fourth-order valence-electron chi connectivity index (χ4n) is 3.50. The van der Waals surface area contributed by atoms with Crippen LogP contribution in [0.15, 0.2) is 42.5 Å². The van der Waals surface area contributed by atoms with Crippen LogP contribution in [0.25, 0.3) is 0 Å². The van der Waals surface area contributed by atoms with Gasteiger partial charge in [0.1, 0.15) is 11.6 Å². The van der Waals surface area contributed by atoms with Crippen molar-refractivity contribution in [2.45, 2.75) is 32.4 Å². The summed E-state index contributed by atoms with van der Waals surface area (Å²) in [6.45, 7) is 3.82. The van der Waals surface area contributed by atoms with Crippen LogP contribution in [0.1, 0.15) is 25.3 Å². The largest absolute Gasteiger partial charge is 0.479 e. The maximum absolute atomic E-state index is 13.2. The van der Waals surface area contributed by atoms with Gasteiger partial charge in [-0.25, -0.2) is 4.39 Å². The van der Waals surface area contributed by atoms with Crippen molar-refractivity contribution in [3.8, 4) is 5.75 Å². The van der Waals surface area contributed by atoms with Crippen LogP contribution in [-0.4, -0.2) is 35.9 Å². The third kappa shape index (κ3) is 5.93. The monoisotopic (exact) mass is 433 g/mol. The van der Waals surface area contributed by atoms with Crippen LogP contribution in [0.2, 0.25) is 5.02 Å². The maximum atomic E-state index is 13.2. The Morgan fingerprint density at radius 3 is 2.87 bits per heavy atom. The topological polar surface area (TPSA) is 84.7 Å². The van der Waals surface area contributed by atoms with E-state index in [9.17, 15) is 14.0 Å². The summed E-state index contributed by atoms with van der Waals surface area (Å²) >= 11 is 5.95. The Balaban J connectivity index is 1.58. The van der Waals surface area contributed by atoms with Crippen molar-refractivity contribution < 1.29 is 18.7 Å². The Morgan fingerprint density at radius 1 is 1.33 bits per heavy atom. The van der Waals surface area contributed by atoms with Crippen molar-refractivity contribution in [2.75, 3.05) is 18.4 Å². The molecule has 0 spiro atoms. The van der Waals surface area contributed by atoms with E-state index < -0.39 is 11.9 Å².